The molecule has 5 atom stereocenters. The second-order valence-corrected chi connectivity index (χ2v) is 17.8. The number of nitrogens with two attached hydrogens (primary N) is 2. The molecule has 0 unspecified atom stereocenters. The number of aromatic nitrogens is 1. The van der Waals surface area contributed by atoms with Crippen molar-refractivity contribution in [1.82, 2.24) is 14.8 Å². The maximum absolute atomic E-state index is 13.8. The van der Waals surface area contributed by atoms with Gasteiger partial charge in [0.05, 0.1) is 12.2 Å². The number of amides is 2. The van der Waals surface area contributed by atoms with Gasteiger partial charge in [-0.15, -0.1) is 0 Å². The Morgan fingerprint density at radius 3 is 2.03 bits per heavy atom. The van der Waals surface area contributed by atoms with E-state index >= 15 is 0 Å². The lowest BCUT2D eigenvalue weighted by Gasteiger charge is -2.39. The van der Waals surface area contributed by atoms with Crippen LogP contribution in [0.5, 0.6) is 5.75 Å². The van der Waals surface area contributed by atoms with E-state index in [1.807, 2.05) is 52.3 Å². The van der Waals surface area contributed by atoms with Crippen molar-refractivity contribution in [2.45, 2.75) is 88.2 Å². The van der Waals surface area contributed by atoms with Gasteiger partial charge in [0.2, 0.25) is 0 Å². The maximum atomic E-state index is 13.8. The summed E-state index contributed by atoms with van der Waals surface area (Å²) in [4.78, 5) is 34.9. The predicted octanol–water partition coefficient (Wildman–Crippen LogP) is 6.48. The summed E-state index contributed by atoms with van der Waals surface area (Å²) in [6, 6.07) is 32.8. The van der Waals surface area contributed by atoms with Crippen molar-refractivity contribution < 1.29 is 23.6 Å². The molecule has 0 spiro atoms. The monoisotopic (exact) mass is 791 g/mol. The van der Waals surface area contributed by atoms with Crippen LogP contribution < -0.4 is 21.7 Å². The number of carbonyl (C=O) groups is 2. The minimum absolute atomic E-state index is 0.0163. The Labute approximate surface area is 346 Å². The molecule has 2 amide bonds. The van der Waals surface area contributed by atoms with E-state index in [1.54, 1.807) is 0 Å². The van der Waals surface area contributed by atoms with Crippen molar-refractivity contribution in [3.05, 3.63) is 131 Å². The minimum atomic E-state index is -0.533. The first-order valence-electron chi connectivity index (χ1n) is 21.6. The molecule has 2 saturated carbocycles. The van der Waals surface area contributed by atoms with Gasteiger partial charge in [-0.1, -0.05) is 66.7 Å². The average molecular weight is 792 g/mol. The number of nitrogens with one attached hydrogen (secondary N) is 1. The first-order valence-corrected chi connectivity index (χ1v) is 21.6. The number of benzene rings is 4. The standard InChI is InChI=1S/C48H54BN5O5/c1-48(57-38-11-4-10-36(24-38)46(55)53-18-14-32(15-19-53)34-8-2-6-30(22-34)28-50)27-37-25-40(48)45-44(37)58-49(59-45)41-12-5-13-42-39(41)26-43(52-42)47(56)54-20-16-33(17-21-54)35-9-3-7-31(23-35)29-51/h2-13,22-24,26,32-33,37,40,44-45,52H,14-21,25,27-29,50-51H2,1H3/t37-,40-,44+,45-,48+/m1/s1. The molecule has 10 nitrogen and oxygen atoms in total. The summed E-state index contributed by atoms with van der Waals surface area (Å²) in [6.07, 6.45) is 5.44. The molecule has 2 aliphatic carbocycles. The predicted molar refractivity (Wildman–Crippen MR) is 230 cm³/mol. The minimum Gasteiger partial charge on any atom is -0.487 e. The van der Waals surface area contributed by atoms with Gasteiger partial charge in [0.1, 0.15) is 17.0 Å². The molecule has 5 aromatic rings. The Bertz CT molecular complexity index is 2370. The first kappa shape index (κ1) is 38.3. The molecule has 5 fully saturated rings. The van der Waals surface area contributed by atoms with Gasteiger partial charge >= 0.3 is 7.12 Å². The smallest absolute Gasteiger partial charge is 0.487 e. The molecule has 304 valence electrons. The number of piperidine rings is 2. The van der Waals surface area contributed by atoms with Gasteiger partial charge < -0.3 is 40.3 Å². The fourth-order valence-electron chi connectivity index (χ4n) is 11.1. The quantitative estimate of drug-likeness (QED) is 0.146. The largest absolute Gasteiger partial charge is 0.495 e. The van der Waals surface area contributed by atoms with Crippen LogP contribution in [0.15, 0.2) is 97.1 Å². The molecule has 4 heterocycles. The van der Waals surface area contributed by atoms with Crippen molar-refractivity contribution in [3.8, 4) is 5.75 Å². The van der Waals surface area contributed by atoms with Crippen LogP contribution in [-0.4, -0.2) is 77.7 Å². The fourth-order valence-corrected chi connectivity index (χ4v) is 11.1. The summed E-state index contributed by atoms with van der Waals surface area (Å²) >= 11 is 0. The number of fused-ring (bicyclic) bond motifs is 6. The Morgan fingerprint density at radius 2 is 1.37 bits per heavy atom. The number of hydrogen-bond acceptors (Lipinski definition) is 7. The number of rotatable bonds is 9. The van der Waals surface area contributed by atoms with Gasteiger partial charge in [-0.2, -0.15) is 0 Å². The van der Waals surface area contributed by atoms with E-state index in [4.69, 9.17) is 25.5 Å². The molecular weight excluding hydrogens is 737 g/mol. The lowest BCUT2D eigenvalue weighted by molar-refractivity contribution is -0.0386. The topological polar surface area (TPSA) is 136 Å². The Morgan fingerprint density at radius 1 is 0.763 bits per heavy atom. The number of carbonyl (C=O) groups excluding carboxylic acids is 2. The van der Waals surface area contributed by atoms with Crippen LogP contribution >= 0.6 is 0 Å². The Kier molecular flexibility index (Phi) is 10.1. The van der Waals surface area contributed by atoms with Crippen LogP contribution in [0.1, 0.15) is 100 Å². The van der Waals surface area contributed by atoms with Gasteiger partial charge in [0.15, 0.2) is 0 Å². The highest BCUT2D eigenvalue weighted by atomic mass is 16.7. The van der Waals surface area contributed by atoms with Gasteiger partial charge in [0, 0.05) is 56.3 Å². The second kappa shape index (κ2) is 15.6. The number of ether oxygens (including phenoxy) is 1. The van der Waals surface area contributed by atoms with Crippen LogP contribution in [0.2, 0.25) is 0 Å². The van der Waals surface area contributed by atoms with Crippen LogP contribution in [0.4, 0.5) is 0 Å². The van der Waals surface area contributed by atoms with E-state index in [9.17, 15) is 9.59 Å². The summed E-state index contributed by atoms with van der Waals surface area (Å²) in [6.45, 7) is 6.14. The highest BCUT2D eigenvalue weighted by molar-refractivity contribution is 6.65. The lowest BCUT2D eigenvalue weighted by Crippen LogP contribution is -2.48. The van der Waals surface area contributed by atoms with E-state index in [0.29, 0.717) is 60.9 Å². The molecule has 5 aliphatic rings. The number of likely N-dealkylation sites (tertiary alicyclic amines) is 2. The van der Waals surface area contributed by atoms with Gasteiger partial charge in [-0.05, 0) is 127 Å². The fraction of sp³-hybridized carbons (Fsp3) is 0.417. The highest BCUT2D eigenvalue weighted by Crippen LogP contribution is 2.56. The van der Waals surface area contributed by atoms with Crippen LogP contribution in [0.3, 0.4) is 0 Å². The molecule has 4 aromatic carbocycles. The number of aromatic amines is 1. The summed E-state index contributed by atoms with van der Waals surface area (Å²) < 4.78 is 20.4. The van der Waals surface area contributed by atoms with Crippen molar-refractivity contribution >= 4 is 35.3 Å². The molecule has 1 aromatic heterocycles. The van der Waals surface area contributed by atoms with Crippen molar-refractivity contribution in [1.29, 1.82) is 0 Å². The highest BCUT2D eigenvalue weighted by Gasteiger charge is 2.65. The zero-order valence-electron chi connectivity index (χ0n) is 33.9. The molecule has 5 N–H and O–H groups in total. The van der Waals surface area contributed by atoms with Gasteiger partial charge in [-0.25, -0.2) is 0 Å². The van der Waals surface area contributed by atoms with Crippen molar-refractivity contribution in [2.24, 2.45) is 23.3 Å². The summed E-state index contributed by atoms with van der Waals surface area (Å²) in [5.41, 5.74) is 19.3. The zero-order valence-corrected chi connectivity index (χ0v) is 33.9. The third kappa shape index (κ3) is 7.16. The molecule has 3 saturated heterocycles. The van der Waals surface area contributed by atoms with Gasteiger partial charge in [0.25, 0.3) is 11.8 Å². The summed E-state index contributed by atoms with van der Waals surface area (Å²) in [7, 11) is -0.533. The number of H-pyrrole nitrogens is 1. The molecule has 3 aliphatic heterocycles. The molecule has 11 heteroatoms. The molecule has 2 bridgehead atoms. The lowest BCUT2D eigenvalue weighted by atomic mass is 9.77. The molecule has 0 radical (unpaired) electrons. The molecule has 59 heavy (non-hydrogen) atoms. The Balaban J connectivity index is 0.779. The van der Waals surface area contributed by atoms with E-state index in [2.05, 4.69) is 66.5 Å². The van der Waals surface area contributed by atoms with Crippen molar-refractivity contribution in [2.75, 3.05) is 26.2 Å². The van der Waals surface area contributed by atoms with E-state index < -0.39 is 12.7 Å². The molecular formula is C48H54BN5O5. The normalized spacial score (nSPS) is 25.8. The second-order valence-electron chi connectivity index (χ2n) is 17.8. The maximum Gasteiger partial charge on any atom is 0.495 e. The summed E-state index contributed by atoms with van der Waals surface area (Å²) in [5.74, 6) is 2.10. The van der Waals surface area contributed by atoms with Crippen molar-refractivity contribution in [3.63, 3.8) is 0 Å². The SMILES string of the molecule is C[C@]1(Oc2cccc(C(=O)N3CCC(c4cccc(CN)c4)CC3)c2)C[C@H]2C[C@@H]1[C@H]1OB(c3cccc4[nH]c(C(=O)N5CCC(c6cccc(CN)c6)CC5)cc34)O[C@@H]21. The third-order valence-electron chi connectivity index (χ3n) is 14.2. The molecule has 10 rings (SSSR count). The van der Waals surface area contributed by atoms with E-state index in [1.165, 1.54) is 11.1 Å². The Hall–Kier alpha value is -4.94. The summed E-state index contributed by atoms with van der Waals surface area (Å²) in [5, 5.41) is 0.951. The first-order chi connectivity index (χ1) is 28.8. The van der Waals surface area contributed by atoms with Crippen LogP contribution in [0.25, 0.3) is 10.9 Å². The van der Waals surface area contributed by atoms with Crippen LogP contribution in [0, 0.1) is 11.8 Å². The number of hydrogen-bond donors (Lipinski definition) is 3. The van der Waals surface area contributed by atoms with E-state index in [-0.39, 0.29) is 29.9 Å². The third-order valence-corrected chi connectivity index (χ3v) is 14.2. The van der Waals surface area contributed by atoms with E-state index in [0.717, 1.165) is 79.1 Å². The van der Waals surface area contributed by atoms with Gasteiger partial charge in [-0.3, -0.25) is 9.59 Å². The average Bonchev–Trinajstić information content (AvgIpc) is 4.07. The van der Waals surface area contributed by atoms with Crippen LogP contribution in [-0.2, 0) is 22.4 Å². The number of nitrogens with zero attached hydrogens (tertiary/aromatic N) is 2. The zero-order chi connectivity index (χ0) is 40.3.